The number of alkyl carbamates (subject to hydrolysis) is 1. The Hall–Kier alpha value is -0.770. The molecule has 0 aromatic carbocycles. The van der Waals surface area contributed by atoms with Gasteiger partial charge in [-0.15, -0.1) is 0 Å². The van der Waals surface area contributed by atoms with E-state index in [-0.39, 0.29) is 11.6 Å². The van der Waals surface area contributed by atoms with E-state index in [1.165, 1.54) is 0 Å². The van der Waals surface area contributed by atoms with Gasteiger partial charge in [0.15, 0.2) is 0 Å². The third-order valence-corrected chi connectivity index (χ3v) is 3.21. The summed E-state index contributed by atoms with van der Waals surface area (Å²) in [5.74, 6) is 0.596. The van der Waals surface area contributed by atoms with Crippen molar-refractivity contribution in [2.75, 3.05) is 13.1 Å². The largest absolute Gasteiger partial charge is 0.444 e. The molecule has 0 unspecified atom stereocenters. The van der Waals surface area contributed by atoms with E-state index >= 15 is 0 Å². The van der Waals surface area contributed by atoms with Crippen LogP contribution in [0.1, 0.15) is 61.3 Å². The van der Waals surface area contributed by atoms with E-state index in [0.29, 0.717) is 12.5 Å². The van der Waals surface area contributed by atoms with Crippen molar-refractivity contribution in [3.63, 3.8) is 0 Å². The molecule has 0 aliphatic carbocycles. The zero-order valence-electron chi connectivity index (χ0n) is 13.7. The quantitative estimate of drug-likeness (QED) is 0.747. The Bertz CT molecular complexity index is 266. The zero-order chi connectivity index (χ0) is 15.1. The Morgan fingerprint density at radius 2 is 1.68 bits per heavy atom. The van der Waals surface area contributed by atoms with Crippen molar-refractivity contribution in [1.29, 1.82) is 0 Å². The van der Waals surface area contributed by atoms with Crippen LogP contribution in [0.5, 0.6) is 0 Å². The number of ether oxygens (including phenoxy) is 1. The second-order valence-electron chi connectivity index (χ2n) is 6.62. The molecule has 0 saturated carbocycles. The molecule has 0 fully saturated rings. The van der Waals surface area contributed by atoms with Crippen LogP contribution in [0.3, 0.4) is 0 Å². The van der Waals surface area contributed by atoms with E-state index in [2.05, 4.69) is 38.3 Å². The number of rotatable bonds is 7. The fourth-order valence-corrected chi connectivity index (χ4v) is 1.79. The first-order valence-electron chi connectivity index (χ1n) is 7.36. The molecule has 0 spiro atoms. The third kappa shape index (κ3) is 8.09. The second kappa shape index (κ2) is 7.73. The van der Waals surface area contributed by atoms with Crippen molar-refractivity contribution in [2.45, 2.75) is 72.4 Å². The average Bonchev–Trinajstić information content (AvgIpc) is 2.28. The number of amides is 1. The van der Waals surface area contributed by atoms with Crippen LogP contribution in [-0.2, 0) is 4.74 Å². The average molecular weight is 272 g/mol. The molecule has 0 bridgehead atoms. The Morgan fingerprint density at radius 3 is 2.05 bits per heavy atom. The predicted molar refractivity (Wildman–Crippen MR) is 80.4 cm³/mol. The highest BCUT2D eigenvalue weighted by molar-refractivity contribution is 5.67. The van der Waals surface area contributed by atoms with Gasteiger partial charge in [-0.05, 0) is 46.1 Å². The highest BCUT2D eigenvalue weighted by atomic mass is 16.6. The Morgan fingerprint density at radius 1 is 1.16 bits per heavy atom. The standard InChI is InChI=1S/C15H32N2O2/c1-8-15(9-2,17-10-12(3)4)11-16-13(18)19-14(5,6)7/h12,17H,8-11H2,1-7H3,(H,16,18). The Kier molecular flexibility index (Phi) is 7.42. The number of hydrogen-bond acceptors (Lipinski definition) is 3. The highest BCUT2D eigenvalue weighted by Crippen LogP contribution is 2.15. The summed E-state index contributed by atoms with van der Waals surface area (Å²) < 4.78 is 5.27. The van der Waals surface area contributed by atoms with Gasteiger partial charge in [0, 0.05) is 12.1 Å². The van der Waals surface area contributed by atoms with Crippen LogP contribution in [0, 0.1) is 5.92 Å². The van der Waals surface area contributed by atoms with Crippen LogP contribution < -0.4 is 10.6 Å². The molecule has 0 aromatic rings. The first-order valence-corrected chi connectivity index (χ1v) is 7.36. The van der Waals surface area contributed by atoms with E-state index in [0.717, 1.165) is 19.4 Å². The van der Waals surface area contributed by atoms with Crippen molar-refractivity contribution in [3.05, 3.63) is 0 Å². The molecule has 0 aliphatic heterocycles. The fourth-order valence-electron chi connectivity index (χ4n) is 1.79. The monoisotopic (exact) mass is 272 g/mol. The summed E-state index contributed by atoms with van der Waals surface area (Å²) in [6.07, 6.45) is 1.61. The molecule has 4 heteroatoms. The van der Waals surface area contributed by atoms with Crippen LogP contribution >= 0.6 is 0 Å². The summed E-state index contributed by atoms with van der Waals surface area (Å²) in [5.41, 5.74) is -0.488. The molecule has 1 amide bonds. The molecular formula is C15H32N2O2. The minimum Gasteiger partial charge on any atom is -0.444 e. The lowest BCUT2D eigenvalue weighted by molar-refractivity contribution is 0.0506. The van der Waals surface area contributed by atoms with Crippen molar-refractivity contribution < 1.29 is 9.53 Å². The van der Waals surface area contributed by atoms with Crippen LogP contribution in [0.25, 0.3) is 0 Å². The van der Waals surface area contributed by atoms with Gasteiger partial charge in [-0.2, -0.15) is 0 Å². The number of nitrogens with one attached hydrogen (secondary N) is 2. The summed E-state index contributed by atoms with van der Waals surface area (Å²) in [6, 6.07) is 0. The van der Waals surface area contributed by atoms with Gasteiger partial charge in [-0.3, -0.25) is 0 Å². The van der Waals surface area contributed by atoms with Gasteiger partial charge in [0.25, 0.3) is 0 Å². The molecule has 0 rings (SSSR count). The SMILES string of the molecule is CCC(CC)(CNC(=O)OC(C)(C)C)NCC(C)C. The van der Waals surface area contributed by atoms with Gasteiger partial charge in [0.2, 0.25) is 0 Å². The van der Waals surface area contributed by atoms with Crippen LogP contribution in [0.15, 0.2) is 0 Å². The molecule has 0 atom stereocenters. The lowest BCUT2D eigenvalue weighted by atomic mass is 9.92. The lowest BCUT2D eigenvalue weighted by Crippen LogP contribution is -2.54. The molecule has 0 aliphatic rings. The summed E-state index contributed by atoms with van der Waals surface area (Å²) in [5, 5.41) is 6.46. The molecule has 0 radical (unpaired) electrons. The number of carbonyl (C=O) groups is 1. The van der Waals surface area contributed by atoms with Gasteiger partial charge in [0.1, 0.15) is 5.60 Å². The van der Waals surface area contributed by atoms with Gasteiger partial charge >= 0.3 is 6.09 Å². The van der Waals surface area contributed by atoms with Crippen molar-refractivity contribution in [3.8, 4) is 0 Å². The summed E-state index contributed by atoms with van der Waals surface area (Å²) in [6.45, 7) is 15.8. The Labute approximate surface area is 118 Å². The lowest BCUT2D eigenvalue weighted by Gasteiger charge is -2.34. The van der Waals surface area contributed by atoms with E-state index in [9.17, 15) is 4.79 Å². The first kappa shape index (κ1) is 18.2. The number of carbonyl (C=O) groups excluding carboxylic acids is 1. The normalized spacial score (nSPS) is 12.6. The summed E-state index contributed by atoms with van der Waals surface area (Å²) in [4.78, 5) is 11.7. The third-order valence-electron chi connectivity index (χ3n) is 3.21. The molecule has 0 aromatic heterocycles. The van der Waals surface area contributed by atoms with Crippen molar-refractivity contribution in [1.82, 2.24) is 10.6 Å². The topological polar surface area (TPSA) is 50.4 Å². The van der Waals surface area contributed by atoms with Crippen molar-refractivity contribution >= 4 is 6.09 Å². The van der Waals surface area contributed by atoms with E-state index in [4.69, 9.17) is 4.74 Å². The Balaban J connectivity index is 4.38. The maximum Gasteiger partial charge on any atom is 0.407 e. The molecular weight excluding hydrogens is 240 g/mol. The van der Waals surface area contributed by atoms with Crippen LogP contribution in [0.2, 0.25) is 0 Å². The van der Waals surface area contributed by atoms with Gasteiger partial charge in [-0.25, -0.2) is 4.79 Å². The van der Waals surface area contributed by atoms with Gasteiger partial charge in [-0.1, -0.05) is 27.7 Å². The molecule has 2 N–H and O–H groups in total. The number of hydrogen-bond donors (Lipinski definition) is 2. The van der Waals surface area contributed by atoms with Crippen molar-refractivity contribution in [2.24, 2.45) is 5.92 Å². The first-order chi connectivity index (χ1) is 8.64. The van der Waals surface area contributed by atoms with E-state index < -0.39 is 5.60 Å². The highest BCUT2D eigenvalue weighted by Gasteiger charge is 2.27. The summed E-state index contributed by atoms with van der Waals surface area (Å²) >= 11 is 0. The van der Waals surface area contributed by atoms with Gasteiger partial charge in [0.05, 0.1) is 0 Å². The second-order valence-corrected chi connectivity index (χ2v) is 6.62. The molecule has 114 valence electrons. The maximum atomic E-state index is 11.7. The molecule has 0 heterocycles. The smallest absolute Gasteiger partial charge is 0.407 e. The summed E-state index contributed by atoms with van der Waals surface area (Å²) in [7, 11) is 0. The molecule has 0 saturated heterocycles. The van der Waals surface area contributed by atoms with Gasteiger partial charge < -0.3 is 15.4 Å². The molecule has 4 nitrogen and oxygen atoms in total. The van der Waals surface area contributed by atoms with E-state index in [1.807, 2.05) is 20.8 Å². The fraction of sp³-hybridized carbons (Fsp3) is 0.933. The van der Waals surface area contributed by atoms with Crippen LogP contribution in [0.4, 0.5) is 4.79 Å². The minimum atomic E-state index is -0.448. The van der Waals surface area contributed by atoms with E-state index in [1.54, 1.807) is 0 Å². The minimum absolute atomic E-state index is 0.0405. The van der Waals surface area contributed by atoms with Crippen LogP contribution in [-0.4, -0.2) is 30.3 Å². The maximum absolute atomic E-state index is 11.7. The molecule has 19 heavy (non-hydrogen) atoms. The predicted octanol–water partition coefficient (Wildman–Crippen LogP) is 3.32. The zero-order valence-corrected chi connectivity index (χ0v) is 13.7.